The highest BCUT2D eigenvalue weighted by molar-refractivity contribution is 7.92. The van der Waals surface area contributed by atoms with Crippen molar-refractivity contribution in [1.29, 1.82) is 0 Å². The van der Waals surface area contributed by atoms with Gasteiger partial charge in [-0.15, -0.1) is 0 Å². The summed E-state index contributed by atoms with van der Waals surface area (Å²) in [6.07, 6.45) is 2.28. The van der Waals surface area contributed by atoms with Crippen LogP contribution in [0.1, 0.15) is 43.9 Å². The average Bonchev–Trinajstić information content (AvgIpc) is 2.75. The molecule has 1 aliphatic carbocycles. The molecular formula is C23H26N2O3S. The lowest BCUT2D eigenvalue weighted by molar-refractivity contribution is -0.118. The molecule has 2 aliphatic rings. The number of rotatable bonds is 2. The molecule has 0 saturated heterocycles. The molecular weight excluding hydrogens is 384 g/mol. The number of allylic oxidation sites excluding steroid dienone is 1. The maximum Gasteiger partial charge on any atom is 0.233 e. The molecule has 152 valence electrons. The van der Waals surface area contributed by atoms with E-state index in [0.717, 1.165) is 16.8 Å². The summed E-state index contributed by atoms with van der Waals surface area (Å²) in [5.41, 5.74) is 4.31. The highest BCUT2D eigenvalue weighted by atomic mass is 32.2. The lowest BCUT2D eigenvalue weighted by Gasteiger charge is -2.37. The molecule has 0 fully saturated rings. The second-order valence-electron chi connectivity index (χ2n) is 8.85. The van der Waals surface area contributed by atoms with E-state index in [0.29, 0.717) is 29.8 Å². The molecule has 1 N–H and O–H groups in total. The number of Topliss-reactive ketones (excluding diaryl/α,β-unsaturated/α-hetero) is 1. The van der Waals surface area contributed by atoms with Gasteiger partial charge < -0.3 is 5.32 Å². The minimum absolute atomic E-state index is 0.00391. The molecule has 0 radical (unpaired) electrons. The summed E-state index contributed by atoms with van der Waals surface area (Å²) in [6, 6.07) is 14.4. The van der Waals surface area contributed by atoms with Crippen molar-refractivity contribution in [2.24, 2.45) is 5.41 Å². The average molecular weight is 411 g/mol. The summed E-state index contributed by atoms with van der Waals surface area (Å²) in [7, 11) is -3.67. The Morgan fingerprint density at radius 3 is 2.34 bits per heavy atom. The second kappa shape index (κ2) is 6.73. The summed E-state index contributed by atoms with van der Waals surface area (Å²) < 4.78 is 27.5. The summed E-state index contributed by atoms with van der Waals surface area (Å²) in [5, 5.41) is 3.41. The number of aryl methyl sites for hydroxylation is 1. The number of ketones is 1. The highest BCUT2D eigenvalue weighted by Crippen LogP contribution is 2.48. The Kier molecular flexibility index (Phi) is 4.57. The zero-order valence-corrected chi connectivity index (χ0v) is 18.0. The molecule has 1 aliphatic heterocycles. The van der Waals surface area contributed by atoms with Crippen LogP contribution in [-0.4, -0.2) is 20.5 Å². The molecule has 5 nitrogen and oxygen atoms in total. The predicted octanol–water partition coefficient (Wildman–Crippen LogP) is 4.57. The molecule has 2 aromatic carbocycles. The zero-order valence-electron chi connectivity index (χ0n) is 17.2. The SMILES string of the molecule is Cc1ccc(C2C3=C(CC(C)(C)CC3=O)Nc3ccccc3N2S(C)(=O)=O)cc1. The van der Waals surface area contributed by atoms with Gasteiger partial charge in [-0.3, -0.25) is 9.10 Å². The van der Waals surface area contributed by atoms with E-state index >= 15 is 0 Å². The largest absolute Gasteiger partial charge is 0.357 e. The number of carbonyl (C=O) groups excluding carboxylic acids is 1. The third-order valence-electron chi connectivity index (χ3n) is 5.61. The monoisotopic (exact) mass is 410 g/mol. The molecule has 6 heteroatoms. The van der Waals surface area contributed by atoms with Gasteiger partial charge in [0.05, 0.1) is 17.6 Å². The van der Waals surface area contributed by atoms with E-state index in [1.165, 1.54) is 10.6 Å². The molecule has 0 spiro atoms. The van der Waals surface area contributed by atoms with E-state index in [2.05, 4.69) is 19.2 Å². The van der Waals surface area contributed by atoms with Crippen LogP contribution in [0.3, 0.4) is 0 Å². The van der Waals surface area contributed by atoms with Crippen molar-refractivity contribution in [2.45, 2.75) is 39.7 Å². The van der Waals surface area contributed by atoms with Gasteiger partial charge in [-0.2, -0.15) is 0 Å². The number of sulfonamides is 1. The van der Waals surface area contributed by atoms with E-state index in [4.69, 9.17) is 0 Å². The van der Waals surface area contributed by atoms with Crippen LogP contribution in [0.4, 0.5) is 11.4 Å². The topological polar surface area (TPSA) is 66.5 Å². The number of anilines is 2. The first kappa shape index (κ1) is 19.7. The fraction of sp³-hybridized carbons (Fsp3) is 0.348. The van der Waals surface area contributed by atoms with Gasteiger partial charge in [-0.05, 0) is 36.5 Å². The Morgan fingerprint density at radius 2 is 1.69 bits per heavy atom. The van der Waals surface area contributed by atoms with E-state index in [9.17, 15) is 13.2 Å². The molecule has 29 heavy (non-hydrogen) atoms. The number of nitrogens with zero attached hydrogens (tertiary/aromatic N) is 1. The van der Waals surface area contributed by atoms with E-state index in [-0.39, 0.29) is 11.2 Å². The molecule has 4 rings (SSSR count). The van der Waals surface area contributed by atoms with Crippen LogP contribution in [0.5, 0.6) is 0 Å². The van der Waals surface area contributed by atoms with Crippen molar-refractivity contribution >= 4 is 27.2 Å². The molecule has 2 aromatic rings. The second-order valence-corrected chi connectivity index (χ2v) is 10.7. The van der Waals surface area contributed by atoms with Crippen LogP contribution in [0.15, 0.2) is 59.8 Å². The van der Waals surface area contributed by atoms with Crippen LogP contribution in [0.2, 0.25) is 0 Å². The zero-order chi connectivity index (χ0) is 21.0. The van der Waals surface area contributed by atoms with Gasteiger partial charge >= 0.3 is 0 Å². The first-order valence-electron chi connectivity index (χ1n) is 9.75. The number of hydrogen-bond acceptors (Lipinski definition) is 4. The number of fused-ring (bicyclic) bond motifs is 1. The van der Waals surface area contributed by atoms with Gasteiger partial charge in [0.25, 0.3) is 0 Å². The van der Waals surface area contributed by atoms with Gasteiger partial charge in [0.2, 0.25) is 10.0 Å². The Bertz CT molecular complexity index is 1120. The fourth-order valence-electron chi connectivity index (χ4n) is 4.37. The molecule has 0 aromatic heterocycles. The third kappa shape index (κ3) is 3.57. The van der Waals surface area contributed by atoms with Crippen LogP contribution in [-0.2, 0) is 14.8 Å². The Hall–Kier alpha value is -2.60. The van der Waals surface area contributed by atoms with Gasteiger partial charge in [0, 0.05) is 17.7 Å². The first-order valence-corrected chi connectivity index (χ1v) is 11.6. The van der Waals surface area contributed by atoms with Crippen molar-refractivity contribution in [3.63, 3.8) is 0 Å². The van der Waals surface area contributed by atoms with Crippen molar-refractivity contribution in [2.75, 3.05) is 15.9 Å². The summed E-state index contributed by atoms with van der Waals surface area (Å²) in [4.78, 5) is 13.4. The molecule has 0 amide bonds. The van der Waals surface area contributed by atoms with Crippen molar-refractivity contribution < 1.29 is 13.2 Å². The molecule has 1 atom stereocenters. The third-order valence-corrected chi connectivity index (χ3v) is 6.73. The number of hydrogen-bond donors (Lipinski definition) is 1. The predicted molar refractivity (Wildman–Crippen MR) is 116 cm³/mol. The van der Waals surface area contributed by atoms with Crippen LogP contribution >= 0.6 is 0 Å². The number of para-hydroxylation sites is 2. The quantitative estimate of drug-likeness (QED) is 0.787. The normalized spacial score (nSPS) is 21.2. The summed E-state index contributed by atoms with van der Waals surface area (Å²) in [6.45, 7) is 6.13. The van der Waals surface area contributed by atoms with Gasteiger partial charge in [-0.25, -0.2) is 8.42 Å². The molecule has 0 saturated carbocycles. The van der Waals surface area contributed by atoms with Crippen LogP contribution in [0, 0.1) is 12.3 Å². The first-order chi connectivity index (χ1) is 13.6. The minimum Gasteiger partial charge on any atom is -0.357 e. The van der Waals surface area contributed by atoms with E-state index in [1.807, 2.05) is 49.4 Å². The lowest BCUT2D eigenvalue weighted by Crippen LogP contribution is -2.39. The van der Waals surface area contributed by atoms with Crippen LogP contribution in [0.25, 0.3) is 0 Å². The fourth-order valence-corrected chi connectivity index (χ4v) is 5.50. The molecule has 0 bridgehead atoms. The highest BCUT2D eigenvalue weighted by Gasteiger charge is 2.43. The van der Waals surface area contributed by atoms with Crippen molar-refractivity contribution in [3.05, 3.63) is 70.9 Å². The Labute approximate surface area is 172 Å². The smallest absolute Gasteiger partial charge is 0.233 e. The van der Waals surface area contributed by atoms with Crippen molar-refractivity contribution in [3.8, 4) is 0 Å². The number of benzene rings is 2. The van der Waals surface area contributed by atoms with Gasteiger partial charge in [0.15, 0.2) is 5.78 Å². The number of carbonyl (C=O) groups is 1. The maximum absolute atomic E-state index is 13.4. The molecule has 1 heterocycles. The van der Waals surface area contributed by atoms with Crippen LogP contribution < -0.4 is 9.62 Å². The van der Waals surface area contributed by atoms with Gasteiger partial charge in [0.1, 0.15) is 6.04 Å². The maximum atomic E-state index is 13.4. The summed E-state index contributed by atoms with van der Waals surface area (Å²) in [5.74, 6) is -0.00391. The summed E-state index contributed by atoms with van der Waals surface area (Å²) >= 11 is 0. The Morgan fingerprint density at radius 1 is 1.03 bits per heavy atom. The van der Waals surface area contributed by atoms with E-state index in [1.54, 1.807) is 6.07 Å². The number of nitrogens with one attached hydrogen (secondary N) is 1. The minimum atomic E-state index is -3.67. The molecule has 1 unspecified atom stereocenters. The van der Waals surface area contributed by atoms with E-state index < -0.39 is 16.1 Å². The Balaban J connectivity index is 2.05. The standard InChI is InChI=1S/C23H26N2O3S/c1-15-9-11-16(12-10-15)22-21-18(13-23(2,3)14-20(21)26)24-17-7-5-6-8-19(17)25(22)29(4,27)28/h5-12,22,24H,13-14H2,1-4H3. The lowest BCUT2D eigenvalue weighted by atomic mass is 9.73. The van der Waals surface area contributed by atoms with Gasteiger partial charge in [-0.1, -0.05) is 55.8 Å². The van der Waals surface area contributed by atoms with Crippen molar-refractivity contribution in [1.82, 2.24) is 0 Å².